The Morgan fingerprint density at radius 1 is 1.43 bits per heavy atom. The molecule has 1 aromatic carbocycles. The van der Waals surface area contributed by atoms with Gasteiger partial charge in [-0.1, -0.05) is 12.0 Å². The van der Waals surface area contributed by atoms with E-state index in [1.807, 2.05) is 6.07 Å². The SMILES string of the molecule is N#CC#Cc1cccc2c1CNC2=O. The Hall–Kier alpha value is -2.26. The molecule has 1 aliphatic heterocycles. The van der Waals surface area contributed by atoms with Crippen LogP contribution >= 0.6 is 0 Å². The van der Waals surface area contributed by atoms with E-state index in [2.05, 4.69) is 17.2 Å². The highest BCUT2D eigenvalue weighted by Crippen LogP contribution is 2.18. The minimum atomic E-state index is -0.0689. The monoisotopic (exact) mass is 182 g/mol. The normalized spacial score (nSPS) is 12.1. The third kappa shape index (κ3) is 1.22. The molecule has 0 atom stereocenters. The molecule has 1 aromatic rings. The van der Waals surface area contributed by atoms with Crippen LogP contribution in [0.3, 0.4) is 0 Å². The smallest absolute Gasteiger partial charge is 0.251 e. The number of fused-ring (bicyclic) bond motifs is 1. The Kier molecular flexibility index (Phi) is 1.93. The molecule has 0 aromatic heterocycles. The Morgan fingerprint density at radius 2 is 2.29 bits per heavy atom. The molecule has 0 aliphatic carbocycles. The van der Waals surface area contributed by atoms with Crippen LogP contribution in [-0.2, 0) is 6.54 Å². The summed E-state index contributed by atoms with van der Waals surface area (Å²) in [6.07, 6.45) is 0. The highest BCUT2D eigenvalue weighted by atomic mass is 16.1. The lowest BCUT2D eigenvalue weighted by Gasteiger charge is -1.97. The van der Waals surface area contributed by atoms with Gasteiger partial charge in [0.2, 0.25) is 0 Å². The van der Waals surface area contributed by atoms with Crippen molar-refractivity contribution >= 4 is 5.91 Å². The number of hydrogen-bond acceptors (Lipinski definition) is 2. The first-order valence-electron chi connectivity index (χ1n) is 4.13. The van der Waals surface area contributed by atoms with Crippen LogP contribution in [0.15, 0.2) is 18.2 Å². The van der Waals surface area contributed by atoms with E-state index in [1.54, 1.807) is 18.2 Å². The van der Waals surface area contributed by atoms with Crippen LogP contribution in [0.5, 0.6) is 0 Å². The summed E-state index contributed by atoms with van der Waals surface area (Å²) in [6, 6.07) is 7.09. The summed E-state index contributed by atoms with van der Waals surface area (Å²) < 4.78 is 0. The first-order chi connectivity index (χ1) is 6.83. The van der Waals surface area contributed by atoms with Crippen LogP contribution in [0.4, 0.5) is 0 Å². The molecule has 66 valence electrons. The molecule has 0 bridgehead atoms. The third-order valence-corrected chi connectivity index (χ3v) is 2.10. The van der Waals surface area contributed by atoms with E-state index >= 15 is 0 Å². The van der Waals surface area contributed by atoms with Gasteiger partial charge in [0.1, 0.15) is 0 Å². The highest BCUT2D eigenvalue weighted by molar-refractivity contribution is 5.98. The molecule has 0 saturated carbocycles. The fraction of sp³-hybridized carbons (Fsp3) is 0.0909. The van der Waals surface area contributed by atoms with E-state index in [-0.39, 0.29) is 5.91 Å². The van der Waals surface area contributed by atoms with Gasteiger partial charge in [0.05, 0.1) is 0 Å². The maximum absolute atomic E-state index is 11.3. The van der Waals surface area contributed by atoms with Crippen molar-refractivity contribution in [1.82, 2.24) is 5.32 Å². The van der Waals surface area contributed by atoms with Crippen molar-refractivity contribution in [1.29, 1.82) is 5.26 Å². The van der Waals surface area contributed by atoms with Gasteiger partial charge >= 0.3 is 0 Å². The van der Waals surface area contributed by atoms with E-state index in [0.717, 1.165) is 11.1 Å². The maximum atomic E-state index is 11.3. The van der Waals surface area contributed by atoms with Gasteiger partial charge in [-0.15, -0.1) is 0 Å². The van der Waals surface area contributed by atoms with Gasteiger partial charge in [0.25, 0.3) is 5.91 Å². The minimum absolute atomic E-state index is 0.0689. The summed E-state index contributed by atoms with van der Waals surface area (Å²) in [5.74, 6) is 4.97. The van der Waals surface area contributed by atoms with Crippen molar-refractivity contribution in [3.05, 3.63) is 34.9 Å². The first kappa shape index (κ1) is 8.34. The number of amides is 1. The lowest BCUT2D eigenvalue weighted by atomic mass is 10.0. The van der Waals surface area contributed by atoms with Crippen LogP contribution in [0.1, 0.15) is 21.5 Å². The quantitative estimate of drug-likeness (QED) is 0.603. The molecule has 0 spiro atoms. The fourth-order valence-corrected chi connectivity index (χ4v) is 1.47. The third-order valence-electron chi connectivity index (χ3n) is 2.10. The second-order valence-electron chi connectivity index (χ2n) is 2.88. The lowest BCUT2D eigenvalue weighted by Crippen LogP contribution is -2.12. The Morgan fingerprint density at radius 3 is 3.07 bits per heavy atom. The Balaban J connectivity index is 2.56. The second kappa shape index (κ2) is 3.24. The van der Waals surface area contributed by atoms with Crippen molar-refractivity contribution in [2.45, 2.75) is 6.54 Å². The lowest BCUT2D eigenvalue weighted by molar-refractivity contribution is 0.0966. The molecule has 1 N–H and O–H groups in total. The molecular formula is C11H6N2O. The molecule has 14 heavy (non-hydrogen) atoms. The largest absolute Gasteiger partial charge is 0.348 e. The second-order valence-corrected chi connectivity index (χ2v) is 2.88. The Labute approximate surface area is 81.4 Å². The van der Waals surface area contributed by atoms with Crippen molar-refractivity contribution in [3.63, 3.8) is 0 Å². The van der Waals surface area contributed by atoms with E-state index in [0.29, 0.717) is 12.1 Å². The maximum Gasteiger partial charge on any atom is 0.251 e. The van der Waals surface area contributed by atoms with E-state index < -0.39 is 0 Å². The van der Waals surface area contributed by atoms with Crippen LogP contribution in [-0.4, -0.2) is 5.91 Å². The van der Waals surface area contributed by atoms with Gasteiger partial charge in [0.15, 0.2) is 6.07 Å². The van der Waals surface area contributed by atoms with Gasteiger partial charge in [-0.05, 0) is 17.7 Å². The molecule has 1 amide bonds. The number of rotatable bonds is 0. The number of nitriles is 1. The number of benzene rings is 1. The van der Waals surface area contributed by atoms with Crippen molar-refractivity contribution in [3.8, 4) is 17.9 Å². The zero-order chi connectivity index (χ0) is 9.97. The summed E-state index contributed by atoms with van der Waals surface area (Å²) in [7, 11) is 0. The number of carbonyl (C=O) groups excluding carboxylic acids is 1. The molecule has 1 heterocycles. The van der Waals surface area contributed by atoms with Crippen LogP contribution in [0.2, 0.25) is 0 Å². The molecule has 0 unspecified atom stereocenters. The van der Waals surface area contributed by atoms with Crippen molar-refractivity contribution < 1.29 is 4.79 Å². The molecule has 3 heteroatoms. The van der Waals surface area contributed by atoms with Crippen LogP contribution < -0.4 is 5.32 Å². The zero-order valence-corrected chi connectivity index (χ0v) is 7.29. The van der Waals surface area contributed by atoms with E-state index in [1.165, 1.54) is 0 Å². The summed E-state index contributed by atoms with van der Waals surface area (Å²) in [6.45, 7) is 0.504. The van der Waals surface area contributed by atoms with Crippen molar-refractivity contribution in [2.24, 2.45) is 0 Å². The highest BCUT2D eigenvalue weighted by Gasteiger charge is 2.20. The summed E-state index contributed by atoms with van der Waals surface area (Å²) in [5, 5.41) is 11.0. The number of hydrogen-bond donors (Lipinski definition) is 1. The van der Waals surface area contributed by atoms with Gasteiger partial charge in [-0.2, -0.15) is 5.26 Å². The number of nitrogens with one attached hydrogen (secondary N) is 1. The zero-order valence-electron chi connectivity index (χ0n) is 7.29. The summed E-state index contributed by atoms with van der Waals surface area (Å²) >= 11 is 0. The summed E-state index contributed by atoms with van der Waals surface area (Å²) in [5.41, 5.74) is 2.30. The Bertz CT molecular complexity index is 500. The summed E-state index contributed by atoms with van der Waals surface area (Å²) in [4.78, 5) is 11.3. The standard InChI is InChI=1S/C11H6N2O/c12-6-2-4-8-3-1-5-9-10(8)7-13-11(9)14/h1,3,5H,7H2,(H,13,14). The van der Waals surface area contributed by atoms with Gasteiger partial charge in [-0.3, -0.25) is 4.79 Å². The molecular weight excluding hydrogens is 176 g/mol. The molecule has 0 radical (unpaired) electrons. The number of carbonyl (C=O) groups is 1. The molecule has 0 saturated heterocycles. The average Bonchev–Trinajstić information content (AvgIpc) is 2.58. The average molecular weight is 182 g/mol. The van der Waals surface area contributed by atoms with Gasteiger partial charge < -0.3 is 5.32 Å². The first-order valence-corrected chi connectivity index (χ1v) is 4.13. The number of nitrogens with zero attached hydrogens (tertiary/aromatic N) is 1. The van der Waals surface area contributed by atoms with Crippen LogP contribution in [0, 0.1) is 23.2 Å². The van der Waals surface area contributed by atoms with Crippen molar-refractivity contribution in [2.75, 3.05) is 0 Å². The molecule has 3 nitrogen and oxygen atoms in total. The van der Waals surface area contributed by atoms with E-state index in [4.69, 9.17) is 5.26 Å². The predicted octanol–water partition coefficient (Wildman–Crippen LogP) is 0.805. The fourth-order valence-electron chi connectivity index (χ4n) is 1.47. The minimum Gasteiger partial charge on any atom is -0.348 e. The molecule has 0 fully saturated rings. The molecule has 1 aliphatic rings. The van der Waals surface area contributed by atoms with Gasteiger partial charge in [-0.25, -0.2) is 0 Å². The van der Waals surface area contributed by atoms with Crippen LogP contribution in [0.25, 0.3) is 0 Å². The topological polar surface area (TPSA) is 52.9 Å². The molecule has 2 rings (SSSR count). The van der Waals surface area contributed by atoms with E-state index in [9.17, 15) is 4.79 Å². The van der Waals surface area contributed by atoms with Gasteiger partial charge in [0, 0.05) is 23.6 Å². The predicted molar refractivity (Wildman–Crippen MR) is 50.1 cm³/mol.